The number of aliphatic hydroxyl groups is 1. The smallest absolute Gasteiger partial charge is 0.296 e. The molecule has 0 radical (unpaired) electrons. The highest BCUT2D eigenvalue weighted by molar-refractivity contribution is 5.70. The highest BCUT2D eigenvalue weighted by Gasteiger charge is 2.27. The van der Waals surface area contributed by atoms with Crippen molar-refractivity contribution in [3.8, 4) is 5.75 Å². The molecule has 0 saturated heterocycles. The Morgan fingerprint density at radius 2 is 2.07 bits per heavy atom. The van der Waals surface area contributed by atoms with Gasteiger partial charge in [-0.15, -0.1) is 0 Å². The van der Waals surface area contributed by atoms with Crippen LogP contribution in [0.1, 0.15) is 38.3 Å². The lowest BCUT2D eigenvalue weighted by Crippen LogP contribution is -2.30. The van der Waals surface area contributed by atoms with Gasteiger partial charge < -0.3 is 20.5 Å². The third-order valence-electron chi connectivity index (χ3n) is 4.72. The number of rotatable bonds is 9. The largest absolute Gasteiger partial charge is 0.496 e. The van der Waals surface area contributed by atoms with Crippen molar-refractivity contribution < 1.29 is 14.8 Å². The van der Waals surface area contributed by atoms with Crippen LogP contribution in [-0.4, -0.2) is 39.8 Å². The van der Waals surface area contributed by atoms with Gasteiger partial charge in [0.15, 0.2) is 0 Å². The third-order valence-corrected chi connectivity index (χ3v) is 4.72. The normalized spacial score (nSPS) is 14.6. The minimum Gasteiger partial charge on any atom is -0.496 e. The van der Waals surface area contributed by atoms with Crippen LogP contribution >= 0.6 is 0 Å². The van der Waals surface area contributed by atoms with E-state index in [0.717, 1.165) is 18.5 Å². The van der Waals surface area contributed by atoms with Crippen LogP contribution in [0.2, 0.25) is 0 Å². The highest BCUT2D eigenvalue weighted by atomic mass is 16.6. The molecule has 9 nitrogen and oxygen atoms in total. The van der Waals surface area contributed by atoms with E-state index in [2.05, 4.69) is 20.6 Å². The van der Waals surface area contributed by atoms with Crippen molar-refractivity contribution in [3.05, 3.63) is 40.1 Å². The van der Waals surface area contributed by atoms with Crippen molar-refractivity contribution in [1.29, 1.82) is 0 Å². The molecule has 3 N–H and O–H groups in total. The number of aromatic nitrogens is 2. The predicted octanol–water partition coefficient (Wildman–Crippen LogP) is 3.44. The van der Waals surface area contributed by atoms with Crippen molar-refractivity contribution in [2.75, 3.05) is 24.4 Å². The molecule has 1 aliphatic rings. The number of nitrogens with zero attached hydrogens (tertiary/aromatic N) is 3. The maximum absolute atomic E-state index is 11.4. The Bertz CT molecular complexity index is 854. The van der Waals surface area contributed by atoms with Gasteiger partial charge in [-0.3, -0.25) is 10.1 Å². The minimum absolute atomic E-state index is 0.0403. The van der Waals surface area contributed by atoms with E-state index in [1.165, 1.54) is 13.2 Å². The minimum atomic E-state index is -0.465. The average Bonchev–Trinajstić information content (AvgIpc) is 3.51. The number of nitro benzene ring substituents is 1. The molecule has 1 aromatic carbocycles. The van der Waals surface area contributed by atoms with E-state index >= 15 is 0 Å². The van der Waals surface area contributed by atoms with Gasteiger partial charge in [0.25, 0.3) is 5.69 Å². The zero-order valence-electron chi connectivity index (χ0n) is 16.2. The standard InChI is InChI=1S/C19H25N5O4/c1-11(2)16(10-25)22-19-21-15(12-4-5-12)9-18(23-19)20-14-7-6-13(28-3)8-17(14)24(26)27/h6-9,11-12,16,25H,4-5,10H2,1-3H3,(H2,20,21,22,23)/t16-/m1/s1. The van der Waals surface area contributed by atoms with Crippen molar-refractivity contribution in [3.63, 3.8) is 0 Å². The van der Waals surface area contributed by atoms with E-state index < -0.39 is 4.92 Å². The topological polar surface area (TPSA) is 122 Å². The molecule has 2 aromatic rings. The zero-order chi connectivity index (χ0) is 20.3. The molecular formula is C19H25N5O4. The fourth-order valence-corrected chi connectivity index (χ4v) is 2.80. The molecule has 9 heteroatoms. The molecule has 0 bridgehead atoms. The maximum Gasteiger partial charge on any atom is 0.296 e. The van der Waals surface area contributed by atoms with E-state index in [4.69, 9.17) is 4.74 Å². The van der Waals surface area contributed by atoms with E-state index in [1.807, 2.05) is 19.9 Å². The van der Waals surface area contributed by atoms with E-state index in [9.17, 15) is 15.2 Å². The maximum atomic E-state index is 11.4. The molecule has 0 unspecified atom stereocenters. The van der Waals surface area contributed by atoms with Crippen molar-refractivity contribution in [2.45, 2.75) is 38.6 Å². The SMILES string of the molecule is COc1ccc(Nc2cc(C3CC3)nc(N[C@H](CO)C(C)C)n2)c([N+](=O)[O-])c1. The third kappa shape index (κ3) is 4.66. The summed E-state index contributed by atoms with van der Waals surface area (Å²) in [6.07, 6.45) is 2.12. The molecule has 1 heterocycles. The lowest BCUT2D eigenvalue weighted by molar-refractivity contribution is -0.384. The van der Waals surface area contributed by atoms with Gasteiger partial charge >= 0.3 is 0 Å². The highest BCUT2D eigenvalue weighted by Crippen LogP contribution is 2.40. The monoisotopic (exact) mass is 387 g/mol. The molecule has 0 aliphatic heterocycles. The fraction of sp³-hybridized carbons (Fsp3) is 0.474. The van der Waals surface area contributed by atoms with Gasteiger partial charge in [-0.25, -0.2) is 4.98 Å². The Hall–Kier alpha value is -2.94. The van der Waals surface area contributed by atoms with Crippen molar-refractivity contribution >= 4 is 23.1 Å². The second-order valence-electron chi connectivity index (χ2n) is 7.22. The molecular weight excluding hydrogens is 362 g/mol. The first-order valence-electron chi connectivity index (χ1n) is 9.27. The molecule has 0 amide bonds. The van der Waals surface area contributed by atoms with Crippen LogP contribution in [0, 0.1) is 16.0 Å². The summed E-state index contributed by atoms with van der Waals surface area (Å²) in [6.45, 7) is 3.96. The Morgan fingerprint density at radius 3 is 2.64 bits per heavy atom. The lowest BCUT2D eigenvalue weighted by Gasteiger charge is -2.20. The number of ether oxygens (including phenoxy) is 1. The van der Waals surface area contributed by atoms with Gasteiger partial charge in [0.2, 0.25) is 5.95 Å². The zero-order valence-corrected chi connectivity index (χ0v) is 16.2. The van der Waals surface area contributed by atoms with Crippen molar-refractivity contribution in [1.82, 2.24) is 9.97 Å². The Morgan fingerprint density at radius 1 is 1.32 bits per heavy atom. The van der Waals surface area contributed by atoms with Gasteiger partial charge in [0, 0.05) is 12.0 Å². The Balaban J connectivity index is 1.92. The summed E-state index contributed by atoms with van der Waals surface area (Å²) in [7, 11) is 1.46. The van der Waals surface area contributed by atoms with Gasteiger partial charge in [-0.05, 0) is 30.9 Å². The number of nitro groups is 1. The van der Waals surface area contributed by atoms with E-state index in [1.54, 1.807) is 12.1 Å². The molecule has 150 valence electrons. The Labute approximate surface area is 163 Å². The quantitative estimate of drug-likeness (QED) is 0.442. The Kier molecular flexibility index (Phi) is 5.93. The summed E-state index contributed by atoms with van der Waals surface area (Å²) in [6, 6.07) is 6.24. The molecule has 28 heavy (non-hydrogen) atoms. The summed E-state index contributed by atoms with van der Waals surface area (Å²) >= 11 is 0. The second kappa shape index (κ2) is 8.39. The van der Waals surface area contributed by atoms with Crippen LogP contribution in [0.4, 0.5) is 23.1 Å². The number of benzene rings is 1. The van der Waals surface area contributed by atoms with Crippen LogP contribution < -0.4 is 15.4 Å². The van der Waals surface area contributed by atoms with E-state index in [-0.39, 0.29) is 24.3 Å². The average molecular weight is 387 g/mol. The number of nitrogens with one attached hydrogen (secondary N) is 2. The lowest BCUT2D eigenvalue weighted by atomic mass is 10.1. The van der Waals surface area contributed by atoms with Crippen molar-refractivity contribution in [2.24, 2.45) is 5.92 Å². The van der Waals surface area contributed by atoms with Crippen LogP contribution in [0.25, 0.3) is 0 Å². The first-order chi connectivity index (χ1) is 13.4. The van der Waals surface area contributed by atoms with Gasteiger partial charge in [-0.1, -0.05) is 13.8 Å². The first-order valence-corrected chi connectivity index (χ1v) is 9.27. The summed E-state index contributed by atoms with van der Waals surface area (Å²) in [5.74, 6) is 1.84. The van der Waals surface area contributed by atoms with Crippen LogP contribution in [0.15, 0.2) is 24.3 Å². The molecule has 1 aliphatic carbocycles. The van der Waals surface area contributed by atoms with Crippen LogP contribution in [-0.2, 0) is 0 Å². The van der Waals surface area contributed by atoms with Gasteiger partial charge in [-0.2, -0.15) is 4.98 Å². The molecule has 3 rings (SSSR count). The molecule has 1 fully saturated rings. The van der Waals surface area contributed by atoms with Gasteiger partial charge in [0.05, 0.1) is 36.4 Å². The van der Waals surface area contributed by atoms with Gasteiger partial charge in [0.1, 0.15) is 17.3 Å². The number of anilines is 3. The molecule has 1 aromatic heterocycles. The summed E-state index contributed by atoms with van der Waals surface area (Å²) in [5, 5.41) is 27.2. The molecule has 1 atom stereocenters. The summed E-state index contributed by atoms with van der Waals surface area (Å²) < 4.78 is 5.08. The number of methoxy groups -OCH3 is 1. The summed E-state index contributed by atoms with van der Waals surface area (Å²) in [4.78, 5) is 20.0. The number of aliphatic hydroxyl groups excluding tert-OH is 1. The summed E-state index contributed by atoms with van der Waals surface area (Å²) in [5.41, 5.74) is 1.10. The van der Waals surface area contributed by atoms with E-state index in [0.29, 0.717) is 29.1 Å². The molecule has 1 saturated carbocycles. The number of hydrogen-bond donors (Lipinski definition) is 3. The predicted molar refractivity (Wildman–Crippen MR) is 106 cm³/mol. The van der Waals surface area contributed by atoms with Crippen LogP contribution in [0.5, 0.6) is 5.75 Å². The first kappa shape index (κ1) is 19.8. The number of hydrogen-bond acceptors (Lipinski definition) is 8. The second-order valence-corrected chi connectivity index (χ2v) is 7.22. The fourth-order valence-electron chi connectivity index (χ4n) is 2.80. The van der Waals surface area contributed by atoms with Crippen LogP contribution in [0.3, 0.4) is 0 Å². The molecule has 0 spiro atoms.